The number of thiazole rings is 1. The van der Waals surface area contributed by atoms with Crippen molar-refractivity contribution in [1.82, 2.24) is 9.97 Å². The van der Waals surface area contributed by atoms with E-state index in [0.29, 0.717) is 38.8 Å². The standard InChI is InChI=1S/C24H16ClFN6S2.C3H8O/c1-13-2-4-14(5-3-13)21-17(9-27)22(29)32-23(18(21)10-28)33-11-16-12-34-24(30-16)31-20-8-15(25)6-7-19(20)26;1-2-3-4/h2-8,12H,11H2,1H3,(H2,29,32)(H,30,31);4H,2-3H2,1H3. The molecule has 194 valence electrons. The number of rotatable bonds is 7. The Morgan fingerprint density at radius 2 is 1.82 bits per heavy atom. The molecule has 0 aliphatic heterocycles. The van der Waals surface area contributed by atoms with Gasteiger partial charge in [-0.25, -0.2) is 14.4 Å². The first-order valence-electron chi connectivity index (χ1n) is 11.4. The number of nitrogens with two attached hydrogens (primary N) is 1. The van der Waals surface area contributed by atoms with Crippen molar-refractivity contribution in [3.8, 4) is 23.3 Å². The monoisotopic (exact) mass is 566 g/mol. The number of nitriles is 2. The van der Waals surface area contributed by atoms with Gasteiger partial charge in [-0.15, -0.1) is 11.3 Å². The largest absolute Gasteiger partial charge is 0.396 e. The maximum Gasteiger partial charge on any atom is 0.187 e. The zero-order valence-electron chi connectivity index (χ0n) is 20.6. The maximum atomic E-state index is 14.0. The molecule has 0 radical (unpaired) electrons. The molecule has 0 fully saturated rings. The van der Waals surface area contributed by atoms with E-state index in [4.69, 9.17) is 22.4 Å². The number of pyridine rings is 1. The third kappa shape index (κ3) is 7.21. The second-order valence-corrected chi connectivity index (χ2v) is 10.2. The number of nitrogen functional groups attached to an aromatic ring is 1. The fourth-order valence-electron chi connectivity index (χ4n) is 3.19. The molecule has 7 nitrogen and oxygen atoms in total. The van der Waals surface area contributed by atoms with Gasteiger partial charge in [0, 0.05) is 28.3 Å². The van der Waals surface area contributed by atoms with Crippen LogP contribution in [0.1, 0.15) is 35.7 Å². The summed E-state index contributed by atoms with van der Waals surface area (Å²) in [4.78, 5) is 8.80. The molecule has 0 aliphatic rings. The van der Waals surface area contributed by atoms with E-state index in [2.05, 4.69) is 27.4 Å². The molecule has 0 bridgehead atoms. The fourth-order valence-corrected chi connectivity index (χ4v) is 5.08. The van der Waals surface area contributed by atoms with Crippen molar-refractivity contribution in [2.45, 2.75) is 31.0 Å². The maximum absolute atomic E-state index is 14.0. The average Bonchev–Trinajstić information content (AvgIpc) is 3.37. The zero-order valence-corrected chi connectivity index (χ0v) is 23.0. The normalized spacial score (nSPS) is 10.2. The first-order valence-corrected chi connectivity index (χ1v) is 13.7. The van der Waals surface area contributed by atoms with Gasteiger partial charge in [-0.05, 0) is 37.1 Å². The topological polar surface area (TPSA) is 132 Å². The Labute approximate surface area is 233 Å². The predicted molar refractivity (Wildman–Crippen MR) is 152 cm³/mol. The summed E-state index contributed by atoms with van der Waals surface area (Å²) >= 11 is 8.55. The Morgan fingerprint density at radius 1 is 1.13 bits per heavy atom. The highest BCUT2D eigenvalue weighted by Gasteiger charge is 2.21. The van der Waals surface area contributed by atoms with Crippen LogP contribution < -0.4 is 11.1 Å². The predicted octanol–water partition coefficient (Wildman–Crippen LogP) is 7.06. The van der Waals surface area contributed by atoms with Crippen molar-refractivity contribution in [3.63, 3.8) is 0 Å². The van der Waals surface area contributed by atoms with Crippen LogP contribution in [0.5, 0.6) is 0 Å². The van der Waals surface area contributed by atoms with Crippen molar-refractivity contribution in [1.29, 1.82) is 10.5 Å². The number of thioether (sulfide) groups is 1. The molecular weight excluding hydrogens is 543 g/mol. The van der Waals surface area contributed by atoms with Crippen LogP contribution in [0.4, 0.5) is 21.0 Å². The van der Waals surface area contributed by atoms with Gasteiger partial charge in [0.15, 0.2) is 5.13 Å². The van der Waals surface area contributed by atoms with E-state index in [1.165, 1.54) is 41.3 Å². The third-order valence-electron chi connectivity index (χ3n) is 5.06. The second-order valence-electron chi connectivity index (χ2n) is 7.92. The minimum Gasteiger partial charge on any atom is -0.396 e. The summed E-state index contributed by atoms with van der Waals surface area (Å²) in [5, 5.41) is 33.5. The molecule has 2 aromatic heterocycles. The van der Waals surface area contributed by atoms with Crippen molar-refractivity contribution < 1.29 is 9.50 Å². The summed E-state index contributed by atoms with van der Waals surface area (Å²) in [7, 11) is 0. The Hall–Kier alpha value is -3.67. The summed E-state index contributed by atoms with van der Waals surface area (Å²) in [6.45, 7) is 4.21. The van der Waals surface area contributed by atoms with E-state index in [1.807, 2.05) is 43.5 Å². The number of aliphatic hydroxyl groups is 1. The van der Waals surface area contributed by atoms with Gasteiger partial charge >= 0.3 is 0 Å². The van der Waals surface area contributed by atoms with Crippen LogP contribution in [0.15, 0.2) is 52.9 Å². The number of hydrogen-bond acceptors (Lipinski definition) is 9. The highest BCUT2D eigenvalue weighted by Crippen LogP contribution is 2.37. The number of nitrogens with zero attached hydrogens (tertiary/aromatic N) is 4. The van der Waals surface area contributed by atoms with Gasteiger partial charge < -0.3 is 16.2 Å². The van der Waals surface area contributed by atoms with E-state index < -0.39 is 5.82 Å². The van der Waals surface area contributed by atoms with Crippen LogP contribution >= 0.6 is 34.7 Å². The fraction of sp³-hybridized carbons (Fsp3) is 0.185. The molecule has 4 aromatic rings. The average molecular weight is 567 g/mol. The molecule has 4 rings (SSSR count). The van der Waals surface area contributed by atoms with Gasteiger partial charge in [0.1, 0.15) is 34.4 Å². The minimum absolute atomic E-state index is 0.0663. The Bertz CT molecular complexity index is 1490. The number of halogens is 2. The number of hydrogen-bond donors (Lipinski definition) is 3. The van der Waals surface area contributed by atoms with Crippen LogP contribution in [-0.2, 0) is 5.75 Å². The van der Waals surface area contributed by atoms with E-state index in [9.17, 15) is 14.9 Å². The molecule has 2 aromatic carbocycles. The van der Waals surface area contributed by atoms with Crippen LogP contribution in [0, 0.1) is 35.4 Å². The Morgan fingerprint density at radius 3 is 2.45 bits per heavy atom. The molecule has 0 atom stereocenters. The minimum atomic E-state index is -0.435. The van der Waals surface area contributed by atoms with Crippen LogP contribution in [0.2, 0.25) is 5.02 Å². The van der Waals surface area contributed by atoms with Crippen LogP contribution in [-0.4, -0.2) is 21.7 Å². The lowest BCUT2D eigenvalue weighted by molar-refractivity contribution is 0.295. The zero-order chi connectivity index (χ0) is 27.7. The van der Waals surface area contributed by atoms with Gasteiger partial charge in [0.05, 0.1) is 16.9 Å². The first kappa shape index (κ1) is 28.9. The summed E-state index contributed by atoms with van der Waals surface area (Å²) in [6.07, 6.45) is 0.875. The Kier molecular flexibility index (Phi) is 10.5. The van der Waals surface area contributed by atoms with E-state index >= 15 is 0 Å². The SMILES string of the molecule is CCCO.Cc1ccc(-c2c(C#N)c(N)nc(SCc3csc(Nc4cc(Cl)ccc4F)n3)c2C#N)cc1. The van der Waals surface area contributed by atoms with Crippen LogP contribution in [0.3, 0.4) is 0 Å². The summed E-state index contributed by atoms with van der Waals surface area (Å²) in [6, 6.07) is 16.0. The first-order chi connectivity index (χ1) is 18.3. The lowest BCUT2D eigenvalue weighted by Gasteiger charge is -2.13. The highest BCUT2D eigenvalue weighted by atomic mass is 35.5. The summed E-state index contributed by atoms with van der Waals surface area (Å²) in [5.41, 5.74) is 9.74. The van der Waals surface area contributed by atoms with Gasteiger partial charge in [0.25, 0.3) is 0 Å². The number of aryl methyl sites for hydroxylation is 1. The molecule has 0 aliphatic carbocycles. The smallest absolute Gasteiger partial charge is 0.187 e. The van der Waals surface area contributed by atoms with Gasteiger partial charge in [0.2, 0.25) is 0 Å². The number of anilines is 3. The molecule has 4 N–H and O–H groups in total. The molecular formula is C27H24ClFN6OS2. The van der Waals surface area contributed by atoms with Crippen molar-refractivity contribution in [2.75, 3.05) is 17.7 Å². The lowest BCUT2D eigenvalue weighted by atomic mass is 9.96. The second kappa shape index (κ2) is 13.8. The number of nitrogens with one attached hydrogen (secondary N) is 1. The molecule has 0 spiro atoms. The van der Waals surface area contributed by atoms with Gasteiger partial charge in [-0.3, -0.25) is 0 Å². The summed E-state index contributed by atoms with van der Waals surface area (Å²) < 4.78 is 14.0. The van der Waals surface area contributed by atoms with Gasteiger partial charge in [-0.1, -0.05) is 60.1 Å². The van der Waals surface area contributed by atoms with Gasteiger partial charge in [-0.2, -0.15) is 10.5 Å². The molecule has 2 heterocycles. The molecule has 0 amide bonds. The highest BCUT2D eigenvalue weighted by molar-refractivity contribution is 7.98. The summed E-state index contributed by atoms with van der Waals surface area (Å²) in [5.74, 6) is 0.0306. The van der Waals surface area contributed by atoms with Crippen LogP contribution in [0.25, 0.3) is 11.1 Å². The lowest BCUT2D eigenvalue weighted by Crippen LogP contribution is -2.03. The van der Waals surface area contributed by atoms with Crippen molar-refractivity contribution in [3.05, 3.63) is 81.1 Å². The molecule has 11 heteroatoms. The molecule has 0 saturated heterocycles. The number of aliphatic hydroxyl groups excluding tert-OH is 1. The molecule has 0 unspecified atom stereocenters. The molecule has 0 saturated carbocycles. The van der Waals surface area contributed by atoms with E-state index in [-0.39, 0.29) is 22.6 Å². The number of benzene rings is 2. The van der Waals surface area contributed by atoms with Crippen molar-refractivity contribution >= 4 is 51.3 Å². The van der Waals surface area contributed by atoms with E-state index in [1.54, 1.807) is 0 Å². The quantitative estimate of drug-likeness (QED) is 0.203. The van der Waals surface area contributed by atoms with Crippen molar-refractivity contribution in [2.24, 2.45) is 0 Å². The third-order valence-corrected chi connectivity index (χ3v) is 7.11. The number of aromatic nitrogens is 2. The Balaban J connectivity index is 0.000000934. The van der Waals surface area contributed by atoms with E-state index in [0.717, 1.165) is 17.5 Å². The molecule has 38 heavy (non-hydrogen) atoms.